The maximum atomic E-state index is 5.65. The van der Waals surface area contributed by atoms with Crippen molar-refractivity contribution >= 4 is 5.95 Å². The Morgan fingerprint density at radius 3 is 2.89 bits per heavy atom. The molecule has 0 bridgehead atoms. The van der Waals surface area contributed by atoms with Gasteiger partial charge in [0.15, 0.2) is 0 Å². The first kappa shape index (κ1) is 11.9. The van der Waals surface area contributed by atoms with Crippen molar-refractivity contribution < 1.29 is 4.74 Å². The molecule has 5 heteroatoms. The monoisotopic (exact) mass is 256 g/mol. The second-order valence-electron chi connectivity index (χ2n) is 4.73. The van der Waals surface area contributed by atoms with Crippen molar-refractivity contribution in [1.82, 2.24) is 15.2 Å². The molecule has 19 heavy (non-hydrogen) atoms. The minimum absolute atomic E-state index is 0.335. The largest absolute Gasteiger partial charge is 0.493 e. The SMILES string of the molecule is Cc1nnc(NCC2COc3ccccc32)nc1C. The fourth-order valence-electron chi connectivity index (χ4n) is 2.14. The van der Waals surface area contributed by atoms with Crippen molar-refractivity contribution in [2.24, 2.45) is 0 Å². The van der Waals surface area contributed by atoms with Gasteiger partial charge in [-0.05, 0) is 19.9 Å². The maximum Gasteiger partial charge on any atom is 0.242 e. The van der Waals surface area contributed by atoms with E-state index in [0.717, 1.165) is 23.7 Å². The highest BCUT2D eigenvalue weighted by Crippen LogP contribution is 2.33. The first-order chi connectivity index (χ1) is 9.24. The second-order valence-corrected chi connectivity index (χ2v) is 4.73. The zero-order chi connectivity index (χ0) is 13.2. The van der Waals surface area contributed by atoms with Crippen molar-refractivity contribution in [2.45, 2.75) is 19.8 Å². The van der Waals surface area contributed by atoms with Crippen molar-refractivity contribution in [1.29, 1.82) is 0 Å². The minimum Gasteiger partial charge on any atom is -0.493 e. The summed E-state index contributed by atoms with van der Waals surface area (Å²) in [4.78, 5) is 4.36. The number of hydrogen-bond donors (Lipinski definition) is 1. The number of anilines is 1. The Morgan fingerprint density at radius 1 is 1.21 bits per heavy atom. The highest BCUT2D eigenvalue weighted by Gasteiger charge is 2.23. The molecular formula is C14H16N4O. The number of para-hydroxylation sites is 1. The Bertz CT molecular complexity index is 600. The van der Waals surface area contributed by atoms with E-state index in [1.54, 1.807) is 0 Å². The normalized spacial score (nSPS) is 16.8. The number of nitrogens with zero attached hydrogens (tertiary/aromatic N) is 3. The predicted molar refractivity (Wildman–Crippen MR) is 72.5 cm³/mol. The molecule has 0 radical (unpaired) electrons. The Morgan fingerprint density at radius 2 is 2.05 bits per heavy atom. The van der Waals surface area contributed by atoms with Gasteiger partial charge in [-0.1, -0.05) is 18.2 Å². The van der Waals surface area contributed by atoms with Gasteiger partial charge in [0.1, 0.15) is 5.75 Å². The van der Waals surface area contributed by atoms with Gasteiger partial charge in [0.2, 0.25) is 5.95 Å². The average molecular weight is 256 g/mol. The molecule has 1 aliphatic rings. The summed E-state index contributed by atoms with van der Waals surface area (Å²) in [6.07, 6.45) is 0. The third-order valence-electron chi connectivity index (χ3n) is 3.40. The third kappa shape index (κ3) is 2.36. The lowest BCUT2D eigenvalue weighted by Gasteiger charge is -2.10. The Balaban J connectivity index is 1.69. The zero-order valence-electron chi connectivity index (χ0n) is 11.1. The number of hydrogen-bond acceptors (Lipinski definition) is 5. The van der Waals surface area contributed by atoms with Gasteiger partial charge in [0, 0.05) is 18.0 Å². The third-order valence-corrected chi connectivity index (χ3v) is 3.40. The summed E-state index contributed by atoms with van der Waals surface area (Å²) >= 11 is 0. The molecule has 98 valence electrons. The summed E-state index contributed by atoms with van der Waals surface area (Å²) in [6, 6.07) is 8.14. The van der Waals surface area contributed by atoms with E-state index in [1.807, 2.05) is 32.0 Å². The number of fused-ring (bicyclic) bond motifs is 1. The van der Waals surface area contributed by atoms with E-state index in [0.29, 0.717) is 18.5 Å². The van der Waals surface area contributed by atoms with Crippen LogP contribution in [0.2, 0.25) is 0 Å². The van der Waals surface area contributed by atoms with Crippen LogP contribution in [0.1, 0.15) is 22.9 Å². The minimum atomic E-state index is 0.335. The van der Waals surface area contributed by atoms with Crippen LogP contribution >= 0.6 is 0 Å². The van der Waals surface area contributed by atoms with Gasteiger partial charge in [0.25, 0.3) is 0 Å². The predicted octanol–water partition coefficient (Wildman–Crippen LogP) is 2.08. The van der Waals surface area contributed by atoms with Gasteiger partial charge in [0.05, 0.1) is 18.0 Å². The molecule has 2 aromatic rings. The summed E-state index contributed by atoms with van der Waals surface area (Å²) < 4.78 is 5.65. The quantitative estimate of drug-likeness (QED) is 0.911. The maximum absolute atomic E-state index is 5.65. The fourth-order valence-corrected chi connectivity index (χ4v) is 2.14. The molecule has 0 spiro atoms. The molecule has 1 aliphatic heterocycles. The van der Waals surface area contributed by atoms with Crippen LogP contribution in [0.4, 0.5) is 5.95 Å². The summed E-state index contributed by atoms with van der Waals surface area (Å²) in [5, 5.41) is 11.3. The molecule has 0 amide bonds. The Hall–Kier alpha value is -2.17. The number of aromatic nitrogens is 3. The molecule has 1 aromatic heterocycles. The van der Waals surface area contributed by atoms with Crippen molar-refractivity contribution in [3.63, 3.8) is 0 Å². The van der Waals surface area contributed by atoms with Gasteiger partial charge >= 0.3 is 0 Å². The van der Waals surface area contributed by atoms with Crippen LogP contribution in [0.25, 0.3) is 0 Å². The molecule has 0 saturated heterocycles. The first-order valence-corrected chi connectivity index (χ1v) is 6.37. The van der Waals surface area contributed by atoms with Gasteiger partial charge in [-0.3, -0.25) is 0 Å². The van der Waals surface area contributed by atoms with Crippen LogP contribution in [-0.4, -0.2) is 28.3 Å². The molecule has 2 heterocycles. The Labute approximate surface area is 112 Å². The van der Waals surface area contributed by atoms with Crippen molar-refractivity contribution in [2.75, 3.05) is 18.5 Å². The smallest absolute Gasteiger partial charge is 0.242 e. The standard InChI is InChI=1S/C14H16N4O/c1-9-10(2)17-18-14(16-9)15-7-11-8-19-13-6-4-3-5-12(11)13/h3-6,11H,7-8H2,1-2H3,(H,15,16,18). The highest BCUT2D eigenvalue weighted by molar-refractivity contribution is 5.41. The molecular weight excluding hydrogens is 240 g/mol. The van der Waals surface area contributed by atoms with Gasteiger partial charge in [-0.2, -0.15) is 5.10 Å². The van der Waals surface area contributed by atoms with Crippen LogP contribution in [0.3, 0.4) is 0 Å². The lowest BCUT2D eigenvalue weighted by molar-refractivity contribution is 0.334. The molecule has 1 atom stereocenters. The second kappa shape index (κ2) is 4.84. The van der Waals surface area contributed by atoms with E-state index < -0.39 is 0 Å². The van der Waals surface area contributed by atoms with Crippen molar-refractivity contribution in [3.8, 4) is 5.75 Å². The van der Waals surface area contributed by atoms with E-state index >= 15 is 0 Å². The number of aryl methyl sites for hydroxylation is 2. The molecule has 1 aromatic carbocycles. The van der Waals surface area contributed by atoms with Crippen molar-refractivity contribution in [3.05, 3.63) is 41.2 Å². The van der Waals surface area contributed by atoms with E-state index in [4.69, 9.17) is 4.74 Å². The number of nitrogens with one attached hydrogen (secondary N) is 1. The summed E-state index contributed by atoms with van der Waals surface area (Å²) in [5.74, 6) is 1.89. The molecule has 0 aliphatic carbocycles. The Kier molecular flexibility index (Phi) is 3.03. The van der Waals surface area contributed by atoms with E-state index in [9.17, 15) is 0 Å². The lowest BCUT2D eigenvalue weighted by atomic mass is 10.0. The average Bonchev–Trinajstić information content (AvgIpc) is 2.83. The molecule has 3 rings (SSSR count). The highest BCUT2D eigenvalue weighted by atomic mass is 16.5. The summed E-state index contributed by atoms with van der Waals surface area (Å²) in [7, 11) is 0. The van der Waals surface area contributed by atoms with Crippen LogP contribution in [0.5, 0.6) is 5.75 Å². The molecule has 0 fully saturated rings. The van der Waals surface area contributed by atoms with E-state index in [-0.39, 0.29) is 0 Å². The van der Waals surface area contributed by atoms with Crippen LogP contribution in [0, 0.1) is 13.8 Å². The topological polar surface area (TPSA) is 59.9 Å². The van der Waals surface area contributed by atoms with Crippen LogP contribution in [0.15, 0.2) is 24.3 Å². The molecule has 5 nitrogen and oxygen atoms in total. The van der Waals surface area contributed by atoms with E-state index in [1.165, 1.54) is 5.56 Å². The number of rotatable bonds is 3. The first-order valence-electron chi connectivity index (χ1n) is 6.37. The fraction of sp³-hybridized carbons (Fsp3) is 0.357. The van der Waals surface area contributed by atoms with Gasteiger partial charge in [-0.25, -0.2) is 4.98 Å². The molecule has 1 unspecified atom stereocenters. The molecule has 0 saturated carbocycles. The van der Waals surface area contributed by atoms with Crippen LogP contribution in [-0.2, 0) is 0 Å². The van der Waals surface area contributed by atoms with Gasteiger partial charge < -0.3 is 10.1 Å². The lowest BCUT2D eigenvalue weighted by Crippen LogP contribution is -2.16. The van der Waals surface area contributed by atoms with Gasteiger partial charge in [-0.15, -0.1) is 5.10 Å². The van der Waals surface area contributed by atoms with E-state index in [2.05, 4.69) is 26.6 Å². The summed E-state index contributed by atoms with van der Waals surface area (Å²) in [5.41, 5.74) is 3.01. The molecule has 1 N–H and O–H groups in total. The number of ether oxygens (including phenoxy) is 1. The van der Waals surface area contributed by atoms with Crippen LogP contribution < -0.4 is 10.1 Å². The summed E-state index contributed by atoms with van der Waals surface area (Å²) in [6.45, 7) is 5.29. The number of benzene rings is 1. The zero-order valence-corrected chi connectivity index (χ0v) is 11.1.